The van der Waals surface area contributed by atoms with Gasteiger partial charge in [0.1, 0.15) is 12.4 Å². The van der Waals surface area contributed by atoms with Crippen LogP contribution in [-0.4, -0.2) is 15.0 Å². The monoisotopic (exact) mass is 423 g/mol. The Hall–Kier alpha value is -0.550. The summed E-state index contributed by atoms with van der Waals surface area (Å²) in [6, 6.07) is 2.79. The summed E-state index contributed by atoms with van der Waals surface area (Å²) in [7, 11) is -3.75. The van der Waals surface area contributed by atoms with Crippen LogP contribution in [0, 0.1) is 17.3 Å². The van der Waals surface area contributed by atoms with Gasteiger partial charge in [-0.2, -0.15) is 0 Å². The van der Waals surface area contributed by atoms with Crippen molar-refractivity contribution in [3.8, 4) is 17.6 Å². The van der Waals surface area contributed by atoms with Crippen molar-refractivity contribution in [3.63, 3.8) is 0 Å². The van der Waals surface area contributed by atoms with E-state index in [0.29, 0.717) is 14.7 Å². The minimum atomic E-state index is -3.75. The molecule has 0 fully saturated rings. The largest absolute Gasteiger partial charge is 0.479 e. The van der Waals surface area contributed by atoms with Crippen LogP contribution in [-0.2, 0) is 10.0 Å². The Labute approximate surface area is 136 Å². The molecule has 110 valence electrons. The second kappa shape index (κ2) is 6.48. The Morgan fingerprint density at radius 3 is 2.15 bits per heavy atom. The Balaban J connectivity index is 2.95. The zero-order valence-corrected chi connectivity index (χ0v) is 15.3. The van der Waals surface area contributed by atoms with E-state index in [9.17, 15) is 8.42 Å². The highest BCUT2D eigenvalue weighted by molar-refractivity contribution is 9.11. The maximum absolute atomic E-state index is 11.3. The van der Waals surface area contributed by atoms with E-state index in [2.05, 4.69) is 43.7 Å². The van der Waals surface area contributed by atoms with Gasteiger partial charge in [0.2, 0.25) is 10.0 Å². The topological polar surface area (TPSA) is 69.4 Å². The molecule has 0 bridgehead atoms. The van der Waals surface area contributed by atoms with Crippen LogP contribution in [0.15, 0.2) is 26.0 Å². The highest BCUT2D eigenvalue weighted by Gasteiger charge is 2.15. The minimum Gasteiger partial charge on any atom is -0.479 e. The summed E-state index contributed by atoms with van der Waals surface area (Å²) in [5.74, 6) is 6.45. The molecule has 1 aromatic carbocycles. The van der Waals surface area contributed by atoms with Crippen LogP contribution in [0.25, 0.3) is 0 Å². The first kappa shape index (κ1) is 17.5. The van der Waals surface area contributed by atoms with Gasteiger partial charge in [-0.05, 0) is 64.8 Å². The van der Waals surface area contributed by atoms with Gasteiger partial charge in [-0.1, -0.05) is 11.8 Å². The highest BCUT2D eigenvalue weighted by Crippen LogP contribution is 2.35. The molecule has 0 saturated heterocycles. The molecule has 0 aromatic heterocycles. The van der Waals surface area contributed by atoms with Crippen LogP contribution >= 0.6 is 31.9 Å². The maximum atomic E-state index is 11.3. The number of benzene rings is 1. The van der Waals surface area contributed by atoms with Crippen molar-refractivity contribution in [3.05, 3.63) is 21.1 Å². The molecular formula is C13H15Br2NO3S. The van der Waals surface area contributed by atoms with Gasteiger partial charge in [0.25, 0.3) is 0 Å². The first-order chi connectivity index (χ1) is 9.00. The third-order valence-corrected chi connectivity index (χ3v) is 4.12. The molecule has 1 aromatic rings. The standard InChI is InChI=1S/C13H15Br2NO3S/c1-13(2,3)5-4-6-19-12-10(14)7-9(8-11(12)15)20(16,17)18/h7-8H,6H2,1-3H3,(H2,16,17,18). The number of primary sulfonamides is 1. The van der Waals surface area contributed by atoms with Crippen molar-refractivity contribution in [1.29, 1.82) is 0 Å². The second-order valence-electron chi connectivity index (χ2n) is 5.10. The second-order valence-corrected chi connectivity index (χ2v) is 8.37. The van der Waals surface area contributed by atoms with Crippen molar-refractivity contribution in [2.75, 3.05) is 6.61 Å². The van der Waals surface area contributed by atoms with Crippen molar-refractivity contribution in [1.82, 2.24) is 0 Å². The summed E-state index contributed by atoms with van der Waals surface area (Å²) >= 11 is 6.52. The summed E-state index contributed by atoms with van der Waals surface area (Å²) in [4.78, 5) is 0.00405. The zero-order valence-electron chi connectivity index (χ0n) is 11.3. The Morgan fingerprint density at radius 1 is 1.25 bits per heavy atom. The number of hydrogen-bond acceptors (Lipinski definition) is 3. The molecule has 0 radical (unpaired) electrons. The molecule has 0 heterocycles. The summed E-state index contributed by atoms with van der Waals surface area (Å²) in [6.45, 7) is 6.23. The fourth-order valence-corrected chi connectivity index (χ4v) is 3.53. The van der Waals surface area contributed by atoms with E-state index in [0.717, 1.165) is 0 Å². The highest BCUT2D eigenvalue weighted by atomic mass is 79.9. The third kappa shape index (κ3) is 5.44. The van der Waals surface area contributed by atoms with Gasteiger partial charge in [0, 0.05) is 5.41 Å². The van der Waals surface area contributed by atoms with E-state index < -0.39 is 10.0 Å². The van der Waals surface area contributed by atoms with Crippen molar-refractivity contribution in [2.45, 2.75) is 25.7 Å². The molecule has 0 saturated carbocycles. The molecule has 0 atom stereocenters. The summed E-state index contributed by atoms with van der Waals surface area (Å²) < 4.78 is 29.1. The molecule has 0 aliphatic carbocycles. The lowest BCUT2D eigenvalue weighted by atomic mass is 9.98. The van der Waals surface area contributed by atoms with Crippen molar-refractivity contribution in [2.24, 2.45) is 10.6 Å². The van der Waals surface area contributed by atoms with E-state index in [-0.39, 0.29) is 16.9 Å². The minimum absolute atomic E-state index is 0.00405. The Morgan fingerprint density at radius 2 is 1.75 bits per heavy atom. The lowest BCUT2D eigenvalue weighted by molar-refractivity contribution is 0.364. The molecule has 0 aliphatic rings. The van der Waals surface area contributed by atoms with Crippen molar-refractivity contribution >= 4 is 41.9 Å². The molecule has 7 heteroatoms. The Kier molecular flexibility index (Phi) is 5.67. The average molecular weight is 425 g/mol. The quantitative estimate of drug-likeness (QED) is 0.756. The maximum Gasteiger partial charge on any atom is 0.238 e. The lowest BCUT2D eigenvalue weighted by Crippen LogP contribution is -2.12. The van der Waals surface area contributed by atoms with Gasteiger partial charge >= 0.3 is 0 Å². The SMILES string of the molecule is CC(C)(C)C#CCOc1c(Br)cc(S(N)(=O)=O)cc1Br. The van der Waals surface area contributed by atoms with Gasteiger partial charge in [0.05, 0.1) is 13.8 Å². The van der Waals surface area contributed by atoms with Crippen LogP contribution in [0.1, 0.15) is 20.8 Å². The number of hydrogen-bond donors (Lipinski definition) is 1. The number of sulfonamides is 1. The predicted molar refractivity (Wildman–Crippen MR) is 85.9 cm³/mol. The molecule has 0 spiro atoms. The van der Waals surface area contributed by atoms with Crippen LogP contribution in [0.2, 0.25) is 0 Å². The third-order valence-electron chi connectivity index (χ3n) is 2.05. The number of nitrogens with two attached hydrogens (primary N) is 1. The molecule has 1 rings (SSSR count). The van der Waals surface area contributed by atoms with Crippen LogP contribution in [0.5, 0.6) is 5.75 Å². The van der Waals surface area contributed by atoms with Crippen LogP contribution in [0.3, 0.4) is 0 Å². The zero-order chi connectivity index (χ0) is 15.6. The molecule has 0 unspecified atom stereocenters. The van der Waals surface area contributed by atoms with Gasteiger partial charge < -0.3 is 4.74 Å². The smallest absolute Gasteiger partial charge is 0.238 e. The van der Waals surface area contributed by atoms with Crippen molar-refractivity contribution < 1.29 is 13.2 Å². The van der Waals surface area contributed by atoms with E-state index >= 15 is 0 Å². The fourth-order valence-electron chi connectivity index (χ4n) is 1.25. The van der Waals surface area contributed by atoms with Gasteiger partial charge in [-0.15, -0.1) is 0 Å². The number of halogens is 2. The average Bonchev–Trinajstić information content (AvgIpc) is 2.23. The summed E-state index contributed by atoms with van der Waals surface area (Å²) in [5.41, 5.74) is -0.0880. The van der Waals surface area contributed by atoms with Gasteiger partial charge in [-0.3, -0.25) is 0 Å². The molecule has 0 aliphatic heterocycles. The first-order valence-electron chi connectivity index (χ1n) is 5.65. The van der Waals surface area contributed by atoms with E-state index in [1.54, 1.807) is 0 Å². The fraction of sp³-hybridized carbons (Fsp3) is 0.385. The Bertz CT molecular complexity index is 644. The predicted octanol–water partition coefficient (Wildman–Crippen LogP) is 3.29. The van der Waals surface area contributed by atoms with Crippen LogP contribution < -0.4 is 9.88 Å². The van der Waals surface area contributed by atoms with Crippen LogP contribution in [0.4, 0.5) is 0 Å². The molecule has 2 N–H and O–H groups in total. The number of ether oxygens (including phenoxy) is 1. The number of rotatable bonds is 3. The van der Waals surface area contributed by atoms with E-state index in [4.69, 9.17) is 9.88 Å². The van der Waals surface area contributed by atoms with E-state index in [1.807, 2.05) is 20.8 Å². The normalized spacial score (nSPS) is 11.7. The summed E-state index contributed by atoms with van der Waals surface area (Å²) in [6.07, 6.45) is 0. The summed E-state index contributed by atoms with van der Waals surface area (Å²) in [5, 5.41) is 5.08. The molecular weight excluding hydrogens is 410 g/mol. The molecule has 0 amide bonds. The van der Waals surface area contributed by atoms with Gasteiger partial charge in [-0.25, -0.2) is 13.6 Å². The first-order valence-corrected chi connectivity index (χ1v) is 8.78. The lowest BCUT2D eigenvalue weighted by Gasteiger charge is -2.10. The van der Waals surface area contributed by atoms with Gasteiger partial charge in [0.15, 0.2) is 0 Å². The molecule has 20 heavy (non-hydrogen) atoms. The molecule has 4 nitrogen and oxygen atoms in total. The van der Waals surface area contributed by atoms with E-state index in [1.165, 1.54) is 12.1 Å².